The number of pyridine rings is 2. The molecule has 0 radical (unpaired) electrons. The van der Waals surface area contributed by atoms with Crippen LogP contribution in [0, 0.1) is 0 Å². The van der Waals surface area contributed by atoms with Gasteiger partial charge in [-0.2, -0.15) is 0 Å². The summed E-state index contributed by atoms with van der Waals surface area (Å²) in [5.41, 5.74) is 2.56. The number of aromatic nitrogens is 2. The highest BCUT2D eigenvalue weighted by Gasteiger charge is 2.06. The topological polar surface area (TPSA) is 43.1 Å². The van der Waals surface area contributed by atoms with Gasteiger partial charge in [-0.25, -0.2) is 9.55 Å². The fourth-order valence-corrected chi connectivity index (χ4v) is 2.35. The van der Waals surface area contributed by atoms with Crippen molar-refractivity contribution in [3.05, 3.63) is 66.1 Å². The van der Waals surface area contributed by atoms with Crippen LogP contribution in [0.1, 0.15) is 18.3 Å². The zero-order valence-electron chi connectivity index (χ0n) is 13.4. The lowest BCUT2D eigenvalue weighted by molar-refractivity contribution is -0.673. The second-order valence-corrected chi connectivity index (χ2v) is 5.23. The fourth-order valence-electron chi connectivity index (χ4n) is 2.35. The van der Waals surface area contributed by atoms with Crippen molar-refractivity contribution in [1.29, 1.82) is 0 Å². The van der Waals surface area contributed by atoms with Crippen molar-refractivity contribution in [2.45, 2.75) is 6.92 Å². The predicted molar refractivity (Wildman–Crippen MR) is 89.6 cm³/mol. The summed E-state index contributed by atoms with van der Waals surface area (Å²) in [6.07, 6.45) is 5.94. The number of benzene rings is 1. The average Bonchev–Trinajstić information content (AvgIpc) is 2.54. The molecule has 0 aliphatic heterocycles. The summed E-state index contributed by atoms with van der Waals surface area (Å²) in [5.74, 6) is 0.132. The van der Waals surface area contributed by atoms with Crippen LogP contribution in [0.3, 0.4) is 0 Å². The molecule has 0 N–H and O–H groups in total. The fraction of sp³-hybridized carbons (Fsp3) is 0.105. The van der Waals surface area contributed by atoms with E-state index in [1.165, 1.54) is 6.92 Å². The van der Waals surface area contributed by atoms with Crippen LogP contribution in [0.4, 0.5) is 0 Å². The number of fused-ring (bicyclic) bond motifs is 1. The average molecular weight is 432 g/mol. The highest BCUT2D eigenvalue weighted by molar-refractivity contribution is 5.88. The summed E-state index contributed by atoms with van der Waals surface area (Å²) in [6.45, 7) is 1.39. The zero-order valence-corrected chi connectivity index (χ0v) is 15.6. The Morgan fingerprint density at radius 1 is 1.08 bits per heavy atom. The number of ether oxygens (including phenoxy) is 1. The molecule has 1 aromatic carbocycles. The first-order valence-electron chi connectivity index (χ1n) is 7.34. The van der Waals surface area contributed by atoms with E-state index < -0.39 is 0 Å². The lowest BCUT2D eigenvalue weighted by Gasteiger charge is -2.05. The van der Waals surface area contributed by atoms with E-state index in [9.17, 15) is 4.79 Å². The number of aryl methyl sites for hydroxylation is 1. The molecule has 0 saturated carbocycles. The monoisotopic (exact) mass is 432 g/mol. The number of carbonyl (C=O) groups is 1. The van der Waals surface area contributed by atoms with Gasteiger partial charge in [-0.15, -0.1) is 0 Å². The van der Waals surface area contributed by atoms with Gasteiger partial charge >= 0.3 is 5.97 Å². The van der Waals surface area contributed by atoms with Crippen molar-refractivity contribution in [2.75, 3.05) is 0 Å². The Balaban J connectivity index is 0.00000208. The number of carbonyl (C=O) groups excluding carboxylic acids is 1. The molecule has 24 heavy (non-hydrogen) atoms. The van der Waals surface area contributed by atoms with Crippen LogP contribution in [-0.4, -0.2) is 11.0 Å². The van der Waals surface area contributed by atoms with Crippen molar-refractivity contribution in [3.63, 3.8) is 0 Å². The van der Waals surface area contributed by atoms with E-state index >= 15 is 0 Å². The normalized spacial score (nSPS) is 10.6. The molecule has 0 unspecified atom stereocenters. The van der Waals surface area contributed by atoms with E-state index in [4.69, 9.17) is 4.74 Å². The Labute approximate surface area is 157 Å². The molecule has 5 heteroatoms. The van der Waals surface area contributed by atoms with Gasteiger partial charge in [0.2, 0.25) is 5.69 Å². The van der Waals surface area contributed by atoms with Crippen LogP contribution < -0.4 is 33.3 Å². The molecule has 122 valence electrons. The van der Waals surface area contributed by atoms with Gasteiger partial charge in [-0.05, 0) is 24.3 Å². The molecule has 0 amide bonds. The third-order valence-electron chi connectivity index (χ3n) is 3.48. The maximum Gasteiger partial charge on any atom is 0.308 e. The first-order valence-corrected chi connectivity index (χ1v) is 7.34. The van der Waals surface area contributed by atoms with Gasteiger partial charge in [0.15, 0.2) is 11.9 Å². The molecule has 0 saturated heterocycles. The van der Waals surface area contributed by atoms with E-state index in [1.54, 1.807) is 6.07 Å². The highest BCUT2D eigenvalue weighted by Crippen LogP contribution is 2.24. The van der Waals surface area contributed by atoms with Crippen molar-refractivity contribution < 1.29 is 38.1 Å². The van der Waals surface area contributed by atoms with Gasteiger partial charge in [0.05, 0.1) is 5.69 Å². The molecular weight excluding hydrogens is 415 g/mol. The van der Waals surface area contributed by atoms with Crippen LogP contribution >= 0.6 is 0 Å². The smallest absolute Gasteiger partial charge is 0.308 e. The number of rotatable bonds is 3. The molecule has 0 spiro atoms. The van der Waals surface area contributed by atoms with E-state index in [2.05, 4.69) is 4.98 Å². The second-order valence-electron chi connectivity index (χ2n) is 5.23. The Bertz CT molecular complexity index is 907. The molecule has 0 aliphatic carbocycles. The third kappa shape index (κ3) is 4.17. The first-order chi connectivity index (χ1) is 11.1. The maximum absolute atomic E-state index is 11.2. The van der Waals surface area contributed by atoms with Crippen LogP contribution in [0.15, 0.2) is 54.7 Å². The Hall–Kier alpha value is -2.28. The first kappa shape index (κ1) is 18.1. The molecular formula is C19H17IN2O2. The Morgan fingerprint density at radius 2 is 1.92 bits per heavy atom. The van der Waals surface area contributed by atoms with Crippen LogP contribution in [0.2, 0.25) is 0 Å². The summed E-state index contributed by atoms with van der Waals surface area (Å²) in [5, 5.41) is 0.936. The molecule has 3 aromatic rings. The minimum absolute atomic E-state index is 0. The number of para-hydroxylation sites is 1. The molecule has 0 fully saturated rings. The molecule has 2 heterocycles. The van der Waals surface area contributed by atoms with Crippen LogP contribution in [0.5, 0.6) is 5.75 Å². The predicted octanol–water partition coefficient (Wildman–Crippen LogP) is 0.159. The molecule has 0 atom stereocenters. The third-order valence-corrected chi connectivity index (χ3v) is 3.48. The summed E-state index contributed by atoms with van der Waals surface area (Å²) < 4.78 is 7.26. The van der Waals surface area contributed by atoms with Gasteiger partial charge in [0.1, 0.15) is 12.6 Å². The largest absolute Gasteiger partial charge is 1.00 e. The van der Waals surface area contributed by atoms with Crippen LogP contribution in [-0.2, 0) is 11.8 Å². The van der Waals surface area contributed by atoms with Crippen molar-refractivity contribution >= 4 is 29.0 Å². The Morgan fingerprint density at radius 3 is 2.67 bits per heavy atom. The number of hydrogen-bond acceptors (Lipinski definition) is 3. The van der Waals surface area contributed by atoms with Crippen molar-refractivity contribution in [1.82, 2.24) is 4.98 Å². The standard InChI is InChI=1S/C19H17N2O2.HI/c1-14(22)23-18-8-5-6-15-9-10-16(20-19(15)18)11-12-17-7-3-4-13-21(17)2;/h3-13H,1-2H3;1H/q+1;/p-1. The van der Waals surface area contributed by atoms with E-state index in [1.807, 2.05) is 72.4 Å². The SMILES string of the molecule is CC(=O)Oc1cccc2ccc(C=Cc3cccc[n+]3C)nc12.[I-]. The summed E-state index contributed by atoms with van der Waals surface area (Å²) in [4.78, 5) is 15.8. The van der Waals surface area contributed by atoms with Gasteiger partial charge in [-0.3, -0.25) is 4.79 Å². The molecule has 2 aromatic heterocycles. The van der Waals surface area contributed by atoms with Gasteiger partial charge < -0.3 is 28.7 Å². The lowest BCUT2D eigenvalue weighted by Crippen LogP contribution is -3.00. The number of nitrogens with zero attached hydrogens (tertiary/aromatic N) is 2. The van der Waals surface area contributed by atoms with Gasteiger partial charge in [-0.1, -0.05) is 18.2 Å². The number of hydrogen-bond donors (Lipinski definition) is 0. The summed E-state index contributed by atoms with van der Waals surface area (Å²) in [6, 6.07) is 15.5. The lowest BCUT2D eigenvalue weighted by atomic mass is 10.2. The minimum Gasteiger partial charge on any atom is -1.00 e. The summed E-state index contributed by atoms with van der Waals surface area (Å²) in [7, 11) is 1.99. The van der Waals surface area contributed by atoms with Gasteiger partial charge in [0, 0.05) is 30.5 Å². The minimum atomic E-state index is -0.350. The van der Waals surface area contributed by atoms with Crippen LogP contribution in [0.25, 0.3) is 23.1 Å². The van der Waals surface area contributed by atoms with E-state index in [0.29, 0.717) is 11.3 Å². The van der Waals surface area contributed by atoms with Crippen molar-refractivity contribution in [2.24, 2.45) is 7.05 Å². The molecule has 0 aliphatic rings. The highest BCUT2D eigenvalue weighted by atomic mass is 127. The molecule has 0 bridgehead atoms. The second kappa shape index (κ2) is 8.01. The maximum atomic E-state index is 11.2. The van der Waals surface area contributed by atoms with Crippen molar-refractivity contribution in [3.8, 4) is 5.75 Å². The number of halogens is 1. The summed E-state index contributed by atoms with van der Waals surface area (Å²) >= 11 is 0. The quantitative estimate of drug-likeness (QED) is 0.257. The molecule has 4 nitrogen and oxygen atoms in total. The molecule has 3 rings (SSSR count). The van der Waals surface area contributed by atoms with E-state index in [0.717, 1.165) is 16.8 Å². The zero-order chi connectivity index (χ0) is 16.2. The Kier molecular flexibility index (Phi) is 6.03. The van der Waals surface area contributed by atoms with E-state index in [-0.39, 0.29) is 29.9 Å². The number of esters is 1. The van der Waals surface area contributed by atoms with Gasteiger partial charge in [0.25, 0.3) is 0 Å².